The zero-order valence-electron chi connectivity index (χ0n) is 12.4. The van der Waals surface area contributed by atoms with Crippen molar-refractivity contribution in [2.24, 2.45) is 0 Å². The molecule has 0 aliphatic rings. The summed E-state index contributed by atoms with van der Waals surface area (Å²) in [5.41, 5.74) is 3.45. The molecule has 3 rings (SSSR count). The van der Waals surface area contributed by atoms with Crippen LogP contribution in [0, 0.1) is 11.3 Å². The maximum atomic E-state index is 8.93. The van der Waals surface area contributed by atoms with Crippen LogP contribution in [0.3, 0.4) is 0 Å². The Morgan fingerprint density at radius 2 is 2.13 bits per heavy atom. The Balaban J connectivity index is 2.16. The van der Waals surface area contributed by atoms with Gasteiger partial charge in [-0.25, -0.2) is 4.98 Å². The van der Waals surface area contributed by atoms with E-state index in [0.717, 1.165) is 28.1 Å². The molecule has 6 heteroatoms. The second-order valence-corrected chi connectivity index (χ2v) is 5.23. The second-order valence-electron chi connectivity index (χ2n) is 4.85. The predicted molar refractivity (Wildman–Crippen MR) is 88.1 cm³/mol. The molecule has 0 saturated heterocycles. The number of nitriles is 1. The van der Waals surface area contributed by atoms with Crippen LogP contribution in [0.2, 0.25) is 5.15 Å². The Bertz CT molecular complexity index is 882. The minimum absolute atomic E-state index is 0.176. The summed E-state index contributed by atoms with van der Waals surface area (Å²) < 4.78 is 6.89. The summed E-state index contributed by atoms with van der Waals surface area (Å²) in [5, 5.41) is 13.9. The van der Waals surface area contributed by atoms with E-state index in [2.05, 4.69) is 16.2 Å². The highest BCUT2D eigenvalue weighted by atomic mass is 35.5. The van der Waals surface area contributed by atoms with Crippen LogP contribution in [0.25, 0.3) is 22.4 Å². The van der Waals surface area contributed by atoms with Crippen molar-refractivity contribution in [2.45, 2.75) is 6.54 Å². The lowest BCUT2D eigenvalue weighted by molar-refractivity contribution is 0.415. The van der Waals surface area contributed by atoms with Gasteiger partial charge < -0.3 is 4.74 Å². The van der Waals surface area contributed by atoms with Crippen molar-refractivity contribution in [3.63, 3.8) is 0 Å². The molecular weight excluding hydrogens is 312 g/mol. The molecule has 2 heterocycles. The fourth-order valence-electron chi connectivity index (χ4n) is 2.34. The van der Waals surface area contributed by atoms with Gasteiger partial charge in [-0.15, -0.1) is 0 Å². The zero-order chi connectivity index (χ0) is 16.2. The quantitative estimate of drug-likeness (QED) is 0.685. The molecule has 114 valence electrons. The SMILES string of the molecule is COc1cccc(-c2nn(CC#N)cc2-c2ccnc(Cl)c2)c1. The largest absolute Gasteiger partial charge is 0.497 e. The monoisotopic (exact) mass is 324 g/mol. The topological polar surface area (TPSA) is 63.7 Å². The van der Waals surface area contributed by atoms with E-state index in [1.165, 1.54) is 0 Å². The third-order valence-corrected chi connectivity index (χ3v) is 3.58. The molecule has 0 aliphatic heterocycles. The first-order valence-corrected chi connectivity index (χ1v) is 7.30. The molecule has 0 atom stereocenters. The molecule has 0 radical (unpaired) electrons. The Morgan fingerprint density at radius 3 is 2.87 bits per heavy atom. The average molecular weight is 325 g/mol. The van der Waals surface area contributed by atoms with Crippen LogP contribution in [-0.2, 0) is 6.54 Å². The molecule has 0 amide bonds. The fraction of sp³-hybridized carbons (Fsp3) is 0.118. The van der Waals surface area contributed by atoms with E-state index in [-0.39, 0.29) is 6.54 Å². The molecule has 1 aromatic carbocycles. The number of halogens is 1. The van der Waals surface area contributed by atoms with Gasteiger partial charge in [0.15, 0.2) is 0 Å². The van der Waals surface area contributed by atoms with Crippen LogP contribution in [0.4, 0.5) is 0 Å². The van der Waals surface area contributed by atoms with E-state index in [4.69, 9.17) is 21.6 Å². The van der Waals surface area contributed by atoms with Gasteiger partial charge in [-0.2, -0.15) is 10.4 Å². The molecule has 23 heavy (non-hydrogen) atoms. The van der Waals surface area contributed by atoms with Crippen LogP contribution < -0.4 is 4.74 Å². The van der Waals surface area contributed by atoms with Crippen molar-refractivity contribution in [3.05, 3.63) is 53.9 Å². The maximum absolute atomic E-state index is 8.93. The minimum atomic E-state index is 0.176. The van der Waals surface area contributed by atoms with E-state index in [1.54, 1.807) is 24.1 Å². The first-order valence-electron chi connectivity index (χ1n) is 6.92. The summed E-state index contributed by atoms with van der Waals surface area (Å²) in [6.45, 7) is 0.176. The molecule has 0 spiro atoms. The van der Waals surface area contributed by atoms with E-state index < -0.39 is 0 Å². The summed E-state index contributed by atoms with van der Waals surface area (Å²) >= 11 is 6.00. The Labute approximate surface area is 138 Å². The van der Waals surface area contributed by atoms with Crippen molar-refractivity contribution in [1.82, 2.24) is 14.8 Å². The highest BCUT2D eigenvalue weighted by Crippen LogP contribution is 2.33. The summed E-state index contributed by atoms with van der Waals surface area (Å²) in [7, 11) is 1.62. The Hall–Kier alpha value is -2.84. The molecule has 3 aromatic rings. The summed E-state index contributed by atoms with van der Waals surface area (Å²) in [6, 6.07) is 13.4. The summed E-state index contributed by atoms with van der Waals surface area (Å²) in [6.07, 6.45) is 3.48. The first-order chi connectivity index (χ1) is 11.2. The standard InChI is InChI=1S/C17H13ClN4O/c1-23-14-4-2-3-13(9-14)17-15(11-22(21-17)8-6-19)12-5-7-20-16(18)10-12/h2-5,7,9-11H,8H2,1H3. The third kappa shape index (κ3) is 3.17. The van der Waals surface area contributed by atoms with E-state index in [1.807, 2.05) is 36.5 Å². The van der Waals surface area contributed by atoms with Gasteiger partial charge in [0.05, 0.1) is 13.2 Å². The van der Waals surface area contributed by atoms with Crippen LogP contribution >= 0.6 is 11.6 Å². The van der Waals surface area contributed by atoms with Gasteiger partial charge in [-0.1, -0.05) is 23.7 Å². The van der Waals surface area contributed by atoms with Crippen molar-refractivity contribution in [2.75, 3.05) is 7.11 Å². The minimum Gasteiger partial charge on any atom is -0.497 e. The number of hydrogen-bond acceptors (Lipinski definition) is 4. The van der Waals surface area contributed by atoms with Crippen LogP contribution in [0.5, 0.6) is 5.75 Å². The predicted octanol–water partition coefficient (Wildman–Crippen LogP) is 3.80. The Morgan fingerprint density at radius 1 is 1.26 bits per heavy atom. The number of rotatable bonds is 4. The molecule has 2 aromatic heterocycles. The van der Waals surface area contributed by atoms with Crippen molar-refractivity contribution in [1.29, 1.82) is 5.26 Å². The number of hydrogen-bond donors (Lipinski definition) is 0. The number of aromatic nitrogens is 3. The first kappa shape index (κ1) is 15.1. The maximum Gasteiger partial charge on any atom is 0.129 e. The lowest BCUT2D eigenvalue weighted by atomic mass is 10.0. The normalized spacial score (nSPS) is 10.3. The number of nitrogens with zero attached hydrogens (tertiary/aromatic N) is 4. The zero-order valence-corrected chi connectivity index (χ0v) is 13.2. The lowest BCUT2D eigenvalue weighted by Gasteiger charge is -2.05. The van der Waals surface area contributed by atoms with E-state index in [0.29, 0.717) is 5.15 Å². The van der Waals surface area contributed by atoms with Gasteiger partial charge in [-0.05, 0) is 29.8 Å². The highest BCUT2D eigenvalue weighted by molar-refractivity contribution is 6.29. The van der Waals surface area contributed by atoms with Crippen LogP contribution in [-0.4, -0.2) is 21.9 Å². The Kier molecular flexibility index (Phi) is 4.26. The molecule has 0 aliphatic carbocycles. The average Bonchev–Trinajstić information content (AvgIpc) is 2.99. The third-order valence-electron chi connectivity index (χ3n) is 3.38. The van der Waals surface area contributed by atoms with E-state index in [9.17, 15) is 0 Å². The molecule has 5 nitrogen and oxygen atoms in total. The van der Waals surface area contributed by atoms with Gasteiger partial charge in [0.25, 0.3) is 0 Å². The highest BCUT2D eigenvalue weighted by Gasteiger charge is 2.14. The molecular formula is C17H13ClN4O. The molecule has 0 bridgehead atoms. The molecule has 0 fully saturated rings. The smallest absolute Gasteiger partial charge is 0.129 e. The van der Waals surface area contributed by atoms with Crippen molar-refractivity contribution < 1.29 is 4.74 Å². The van der Waals surface area contributed by atoms with Gasteiger partial charge in [0.1, 0.15) is 23.1 Å². The number of ether oxygens (including phenoxy) is 1. The molecule has 0 unspecified atom stereocenters. The fourth-order valence-corrected chi connectivity index (χ4v) is 2.51. The van der Waals surface area contributed by atoms with E-state index >= 15 is 0 Å². The van der Waals surface area contributed by atoms with Crippen LogP contribution in [0.1, 0.15) is 0 Å². The number of pyridine rings is 1. The van der Waals surface area contributed by atoms with Crippen molar-refractivity contribution >= 4 is 11.6 Å². The van der Waals surface area contributed by atoms with Gasteiger partial charge in [-0.3, -0.25) is 4.68 Å². The van der Waals surface area contributed by atoms with Gasteiger partial charge in [0.2, 0.25) is 0 Å². The van der Waals surface area contributed by atoms with Crippen molar-refractivity contribution in [3.8, 4) is 34.2 Å². The molecule has 0 N–H and O–H groups in total. The number of benzene rings is 1. The summed E-state index contributed by atoms with van der Waals surface area (Å²) in [4.78, 5) is 4.00. The van der Waals surface area contributed by atoms with Crippen LogP contribution in [0.15, 0.2) is 48.8 Å². The summed E-state index contributed by atoms with van der Waals surface area (Å²) in [5.74, 6) is 0.746. The molecule has 0 saturated carbocycles. The lowest BCUT2D eigenvalue weighted by Crippen LogP contribution is -1.95. The number of methoxy groups -OCH3 is 1. The van der Waals surface area contributed by atoms with Gasteiger partial charge >= 0.3 is 0 Å². The second kappa shape index (κ2) is 6.51. The van der Waals surface area contributed by atoms with Gasteiger partial charge in [0, 0.05) is 23.5 Å².